The Hall–Kier alpha value is -1.19. The van der Waals surface area contributed by atoms with Gasteiger partial charge in [-0.15, -0.1) is 0 Å². The molecule has 9 heteroatoms. The topological polar surface area (TPSA) is 113 Å². The van der Waals surface area contributed by atoms with Gasteiger partial charge in [0.05, 0.1) is 12.9 Å². The molecule has 8 nitrogen and oxygen atoms in total. The molecule has 1 rings (SSSR count). The minimum Gasteiger partial charge on any atom is -0.480 e. The molecular formula is C11H20N2O6S. The molecule has 0 saturated carbocycles. The van der Waals surface area contributed by atoms with Crippen LogP contribution in [0.4, 0.5) is 0 Å². The molecule has 20 heavy (non-hydrogen) atoms. The highest BCUT2D eigenvalue weighted by molar-refractivity contribution is 7.88. The molecule has 1 fully saturated rings. The maximum atomic E-state index is 12.0. The van der Waals surface area contributed by atoms with Crippen LogP contribution in [0.2, 0.25) is 0 Å². The Morgan fingerprint density at radius 3 is 2.70 bits per heavy atom. The Morgan fingerprint density at radius 1 is 1.40 bits per heavy atom. The van der Waals surface area contributed by atoms with Crippen LogP contribution in [0.15, 0.2) is 0 Å². The largest absolute Gasteiger partial charge is 0.480 e. The van der Waals surface area contributed by atoms with Gasteiger partial charge in [0.2, 0.25) is 15.9 Å². The summed E-state index contributed by atoms with van der Waals surface area (Å²) in [4.78, 5) is 22.2. The summed E-state index contributed by atoms with van der Waals surface area (Å²) in [7, 11) is -3.40. The van der Waals surface area contributed by atoms with E-state index in [0.29, 0.717) is 13.0 Å². The summed E-state index contributed by atoms with van der Waals surface area (Å²) in [5.41, 5.74) is 0. The van der Waals surface area contributed by atoms with Gasteiger partial charge >= 0.3 is 5.97 Å². The number of nitrogens with zero attached hydrogens (tertiary/aromatic N) is 1. The van der Waals surface area contributed by atoms with E-state index in [2.05, 4.69) is 5.32 Å². The molecule has 1 unspecified atom stereocenters. The van der Waals surface area contributed by atoms with Gasteiger partial charge < -0.3 is 15.2 Å². The van der Waals surface area contributed by atoms with Gasteiger partial charge in [0.1, 0.15) is 12.6 Å². The number of carboxylic acids is 1. The zero-order valence-electron chi connectivity index (χ0n) is 11.4. The number of hydrogen-bond donors (Lipinski definition) is 2. The van der Waals surface area contributed by atoms with Gasteiger partial charge in [-0.2, -0.15) is 4.31 Å². The third-order valence-corrected chi connectivity index (χ3v) is 4.24. The monoisotopic (exact) mass is 308 g/mol. The number of nitrogens with one attached hydrogen (secondary N) is 1. The predicted molar refractivity (Wildman–Crippen MR) is 70.7 cm³/mol. The smallest absolute Gasteiger partial charge is 0.329 e. The first-order chi connectivity index (χ1) is 9.32. The Kier molecular flexibility index (Phi) is 6.37. The zero-order valence-corrected chi connectivity index (χ0v) is 12.2. The van der Waals surface area contributed by atoms with Crippen molar-refractivity contribution in [1.82, 2.24) is 9.62 Å². The summed E-state index contributed by atoms with van der Waals surface area (Å²) < 4.78 is 29.2. The number of carbonyl (C=O) groups excluding carboxylic acids is 1. The lowest BCUT2D eigenvalue weighted by Gasteiger charge is -2.32. The second kappa shape index (κ2) is 7.55. The first kappa shape index (κ1) is 16.9. The fraction of sp³-hybridized carbons (Fsp3) is 0.818. The highest BCUT2D eigenvalue weighted by atomic mass is 32.2. The molecule has 0 spiro atoms. The lowest BCUT2D eigenvalue weighted by Crippen LogP contribution is -2.51. The van der Waals surface area contributed by atoms with Gasteiger partial charge in [-0.25, -0.2) is 13.2 Å². The van der Waals surface area contributed by atoms with Crippen molar-refractivity contribution in [2.45, 2.75) is 25.3 Å². The Bertz CT molecular complexity index is 450. The van der Waals surface area contributed by atoms with Gasteiger partial charge in [-0.05, 0) is 12.8 Å². The number of amides is 1. The molecule has 1 saturated heterocycles. The predicted octanol–water partition coefficient (Wildman–Crippen LogP) is -0.982. The van der Waals surface area contributed by atoms with Crippen LogP contribution in [0.25, 0.3) is 0 Å². The SMILES string of the molecule is CS(=O)(=O)N1CCCCC1C(=O)NCCOCC(=O)O. The molecule has 116 valence electrons. The van der Waals surface area contributed by atoms with E-state index < -0.39 is 28.6 Å². The van der Waals surface area contributed by atoms with E-state index in [9.17, 15) is 18.0 Å². The van der Waals surface area contributed by atoms with E-state index in [4.69, 9.17) is 9.84 Å². The van der Waals surface area contributed by atoms with Crippen LogP contribution in [0, 0.1) is 0 Å². The number of carbonyl (C=O) groups is 2. The van der Waals surface area contributed by atoms with Crippen LogP contribution in [-0.2, 0) is 24.3 Å². The van der Waals surface area contributed by atoms with E-state index in [1.165, 1.54) is 4.31 Å². The highest BCUT2D eigenvalue weighted by Crippen LogP contribution is 2.19. The average molecular weight is 308 g/mol. The van der Waals surface area contributed by atoms with Crippen LogP contribution >= 0.6 is 0 Å². The Labute approximate surface area is 118 Å². The van der Waals surface area contributed by atoms with Crippen molar-refractivity contribution in [2.75, 3.05) is 32.6 Å². The average Bonchev–Trinajstić information content (AvgIpc) is 2.36. The maximum Gasteiger partial charge on any atom is 0.329 e. The highest BCUT2D eigenvalue weighted by Gasteiger charge is 2.34. The number of sulfonamides is 1. The van der Waals surface area contributed by atoms with Crippen LogP contribution in [-0.4, -0.2) is 68.3 Å². The third kappa shape index (κ3) is 5.43. The normalized spacial score (nSPS) is 20.6. The molecule has 0 aromatic heterocycles. The van der Waals surface area contributed by atoms with Crippen molar-refractivity contribution in [1.29, 1.82) is 0 Å². The Balaban J connectivity index is 2.42. The first-order valence-electron chi connectivity index (χ1n) is 6.36. The number of aliphatic carboxylic acids is 1. The molecule has 0 aromatic rings. The van der Waals surface area contributed by atoms with Crippen molar-refractivity contribution in [2.24, 2.45) is 0 Å². The first-order valence-corrected chi connectivity index (χ1v) is 8.21. The van der Waals surface area contributed by atoms with Gasteiger partial charge in [0, 0.05) is 13.1 Å². The zero-order chi connectivity index (χ0) is 15.2. The third-order valence-electron chi connectivity index (χ3n) is 2.95. The number of rotatable bonds is 7. The molecular weight excluding hydrogens is 288 g/mol. The van der Waals surface area contributed by atoms with Crippen LogP contribution in [0.5, 0.6) is 0 Å². The van der Waals surface area contributed by atoms with E-state index >= 15 is 0 Å². The van der Waals surface area contributed by atoms with E-state index in [-0.39, 0.29) is 19.1 Å². The summed E-state index contributed by atoms with van der Waals surface area (Å²) in [5.74, 6) is -1.44. The summed E-state index contributed by atoms with van der Waals surface area (Å²) >= 11 is 0. The Morgan fingerprint density at radius 2 is 2.10 bits per heavy atom. The van der Waals surface area contributed by atoms with Crippen LogP contribution < -0.4 is 5.32 Å². The standard InChI is InChI=1S/C11H20N2O6S/c1-20(17,18)13-6-3-2-4-9(13)11(16)12-5-7-19-8-10(14)15/h9H,2-8H2,1H3,(H,12,16)(H,14,15). The summed E-state index contributed by atoms with van der Waals surface area (Å²) in [5, 5.41) is 10.9. The van der Waals surface area contributed by atoms with Gasteiger partial charge in [0.25, 0.3) is 0 Å². The molecule has 1 aliphatic heterocycles. The molecule has 1 aliphatic rings. The van der Waals surface area contributed by atoms with Gasteiger partial charge in [0.15, 0.2) is 0 Å². The molecule has 0 aromatic carbocycles. The van der Waals surface area contributed by atoms with Gasteiger partial charge in [-0.3, -0.25) is 4.79 Å². The molecule has 0 aliphatic carbocycles. The second-order valence-corrected chi connectivity index (χ2v) is 6.56. The molecule has 1 atom stereocenters. The van der Waals surface area contributed by atoms with E-state index in [1.54, 1.807) is 0 Å². The quantitative estimate of drug-likeness (QED) is 0.584. The fourth-order valence-electron chi connectivity index (χ4n) is 2.09. The summed E-state index contributed by atoms with van der Waals surface area (Å²) in [6.07, 6.45) is 3.14. The fourth-order valence-corrected chi connectivity index (χ4v) is 3.21. The lowest BCUT2D eigenvalue weighted by atomic mass is 10.0. The molecule has 0 bridgehead atoms. The number of carboxylic acid groups (broad SMARTS) is 1. The van der Waals surface area contributed by atoms with Crippen LogP contribution in [0.3, 0.4) is 0 Å². The number of piperidine rings is 1. The van der Waals surface area contributed by atoms with Crippen molar-refractivity contribution in [3.05, 3.63) is 0 Å². The molecule has 2 N–H and O–H groups in total. The van der Waals surface area contributed by atoms with Crippen LogP contribution in [0.1, 0.15) is 19.3 Å². The second-order valence-electron chi connectivity index (χ2n) is 4.62. The lowest BCUT2D eigenvalue weighted by molar-refractivity contribution is -0.142. The van der Waals surface area contributed by atoms with E-state index in [1.807, 2.05) is 0 Å². The minimum atomic E-state index is -3.40. The molecule has 1 amide bonds. The van der Waals surface area contributed by atoms with Crippen molar-refractivity contribution < 1.29 is 27.9 Å². The number of hydrogen-bond acceptors (Lipinski definition) is 5. The van der Waals surface area contributed by atoms with Gasteiger partial charge in [-0.1, -0.05) is 6.42 Å². The minimum absolute atomic E-state index is 0.0731. The van der Waals surface area contributed by atoms with Crippen molar-refractivity contribution in [3.8, 4) is 0 Å². The van der Waals surface area contributed by atoms with Crippen molar-refractivity contribution in [3.63, 3.8) is 0 Å². The summed E-state index contributed by atoms with van der Waals surface area (Å²) in [6, 6.07) is -0.682. The van der Waals surface area contributed by atoms with Crippen molar-refractivity contribution >= 4 is 21.9 Å². The number of ether oxygens (including phenoxy) is 1. The van der Waals surface area contributed by atoms with E-state index in [0.717, 1.165) is 19.1 Å². The maximum absolute atomic E-state index is 12.0. The molecule has 1 heterocycles. The summed E-state index contributed by atoms with van der Waals surface area (Å²) in [6.45, 7) is 0.158. The molecule has 0 radical (unpaired) electrons.